The van der Waals surface area contributed by atoms with E-state index in [0.29, 0.717) is 11.7 Å². The number of rotatable bonds is 2. The molecule has 0 saturated heterocycles. The lowest BCUT2D eigenvalue weighted by atomic mass is 9.78. The summed E-state index contributed by atoms with van der Waals surface area (Å²) < 4.78 is 10.4. The first-order valence-corrected chi connectivity index (χ1v) is 5.37. The minimum atomic E-state index is -0.400. The van der Waals surface area contributed by atoms with Crippen molar-refractivity contribution in [2.45, 2.75) is 31.7 Å². The number of nitrogens with two attached hydrogens (primary N) is 1. The second kappa shape index (κ2) is 3.18. The molecule has 0 atom stereocenters. The number of furan rings is 1. The van der Waals surface area contributed by atoms with Crippen molar-refractivity contribution in [3.05, 3.63) is 24.0 Å². The smallest absolute Gasteiger partial charge is 0.247 e. The van der Waals surface area contributed by atoms with E-state index >= 15 is 0 Å². The summed E-state index contributed by atoms with van der Waals surface area (Å²) in [7, 11) is 0. The Kier molecular flexibility index (Phi) is 1.91. The van der Waals surface area contributed by atoms with Crippen LogP contribution in [0.15, 0.2) is 21.3 Å². The van der Waals surface area contributed by atoms with Crippen LogP contribution >= 0.6 is 0 Å². The summed E-state index contributed by atoms with van der Waals surface area (Å²) in [6, 6.07) is 1.83. The van der Waals surface area contributed by atoms with E-state index in [1.807, 2.05) is 13.0 Å². The lowest BCUT2D eigenvalue weighted by molar-refractivity contribution is 0.181. The lowest BCUT2D eigenvalue weighted by Crippen LogP contribution is -2.43. The highest BCUT2D eigenvalue weighted by Gasteiger charge is 2.40. The van der Waals surface area contributed by atoms with Gasteiger partial charge in [0.25, 0.3) is 0 Å². The summed E-state index contributed by atoms with van der Waals surface area (Å²) in [6.45, 7) is 1.87. The molecule has 5 heteroatoms. The van der Waals surface area contributed by atoms with E-state index in [2.05, 4.69) is 10.1 Å². The van der Waals surface area contributed by atoms with Crippen molar-refractivity contribution in [2.75, 3.05) is 0 Å². The summed E-state index contributed by atoms with van der Waals surface area (Å²) in [5.74, 6) is 1.87. The van der Waals surface area contributed by atoms with Gasteiger partial charge < -0.3 is 14.7 Å². The quantitative estimate of drug-likeness (QED) is 0.835. The van der Waals surface area contributed by atoms with Crippen LogP contribution in [0.1, 0.15) is 30.9 Å². The Labute approximate surface area is 92.6 Å². The highest BCUT2D eigenvalue weighted by Crippen LogP contribution is 2.38. The maximum absolute atomic E-state index is 6.11. The van der Waals surface area contributed by atoms with Crippen molar-refractivity contribution >= 4 is 0 Å². The van der Waals surface area contributed by atoms with Crippen LogP contribution in [-0.2, 0) is 5.54 Å². The molecular formula is C11H13N3O2. The van der Waals surface area contributed by atoms with E-state index in [-0.39, 0.29) is 0 Å². The fourth-order valence-electron chi connectivity index (χ4n) is 1.92. The first kappa shape index (κ1) is 9.59. The molecule has 0 unspecified atom stereocenters. The zero-order valence-electron chi connectivity index (χ0n) is 9.06. The molecule has 0 radical (unpaired) electrons. The van der Waals surface area contributed by atoms with Gasteiger partial charge in [0.2, 0.25) is 11.7 Å². The summed E-state index contributed by atoms with van der Waals surface area (Å²) in [5, 5.41) is 3.94. The fraction of sp³-hybridized carbons (Fsp3) is 0.455. The maximum Gasteiger partial charge on any atom is 0.247 e. The van der Waals surface area contributed by atoms with Crippen molar-refractivity contribution in [1.82, 2.24) is 10.1 Å². The molecule has 0 aliphatic heterocycles. The molecule has 0 aromatic carbocycles. The van der Waals surface area contributed by atoms with Gasteiger partial charge in [-0.05, 0) is 32.3 Å². The topological polar surface area (TPSA) is 78.1 Å². The summed E-state index contributed by atoms with van der Waals surface area (Å²) in [6.07, 6.45) is 4.57. The standard InChI is InChI=1S/C11H13N3O2/c1-7-8(3-6-15-7)9-13-10(16-14-9)11(12)4-2-5-11/h3,6H,2,4-5,12H2,1H3. The number of aryl methyl sites for hydroxylation is 1. The van der Waals surface area contributed by atoms with E-state index < -0.39 is 5.54 Å². The van der Waals surface area contributed by atoms with Crippen LogP contribution in [0.5, 0.6) is 0 Å². The lowest BCUT2D eigenvalue weighted by Gasteiger charge is -2.33. The monoisotopic (exact) mass is 219 g/mol. The van der Waals surface area contributed by atoms with Gasteiger partial charge in [-0.1, -0.05) is 5.16 Å². The summed E-state index contributed by atoms with van der Waals surface area (Å²) in [5.41, 5.74) is 6.57. The molecule has 2 aromatic heterocycles. The van der Waals surface area contributed by atoms with Gasteiger partial charge >= 0.3 is 0 Å². The molecule has 2 aromatic rings. The third kappa shape index (κ3) is 1.28. The Morgan fingerprint density at radius 1 is 1.44 bits per heavy atom. The number of hydrogen-bond acceptors (Lipinski definition) is 5. The second-order valence-electron chi connectivity index (χ2n) is 4.32. The molecule has 1 fully saturated rings. The highest BCUT2D eigenvalue weighted by molar-refractivity contribution is 5.56. The fourth-order valence-corrected chi connectivity index (χ4v) is 1.92. The first-order valence-electron chi connectivity index (χ1n) is 5.37. The predicted molar refractivity (Wildman–Crippen MR) is 56.5 cm³/mol. The van der Waals surface area contributed by atoms with Crippen LogP contribution in [0.25, 0.3) is 11.4 Å². The molecule has 2 heterocycles. The Hall–Kier alpha value is -1.62. The number of nitrogens with zero attached hydrogens (tertiary/aromatic N) is 2. The Bertz CT molecular complexity index is 511. The van der Waals surface area contributed by atoms with Crippen LogP contribution in [0, 0.1) is 6.92 Å². The van der Waals surface area contributed by atoms with Crippen LogP contribution < -0.4 is 5.73 Å². The average Bonchev–Trinajstić information content (AvgIpc) is 2.82. The third-order valence-corrected chi connectivity index (χ3v) is 3.20. The van der Waals surface area contributed by atoms with Crippen LogP contribution in [0.3, 0.4) is 0 Å². The van der Waals surface area contributed by atoms with E-state index in [1.54, 1.807) is 6.26 Å². The Balaban J connectivity index is 1.97. The molecule has 0 amide bonds. The molecule has 84 valence electrons. The van der Waals surface area contributed by atoms with Gasteiger partial charge in [-0.3, -0.25) is 0 Å². The van der Waals surface area contributed by atoms with E-state index in [9.17, 15) is 0 Å². The molecule has 1 saturated carbocycles. The van der Waals surface area contributed by atoms with Gasteiger partial charge in [0.1, 0.15) is 5.76 Å². The molecule has 0 bridgehead atoms. The van der Waals surface area contributed by atoms with Crippen molar-refractivity contribution in [3.8, 4) is 11.4 Å². The van der Waals surface area contributed by atoms with Gasteiger partial charge in [-0.15, -0.1) is 0 Å². The SMILES string of the molecule is Cc1occc1-c1noc(C2(N)CCC2)n1. The molecule has 0 spiro atoms. The second-order valence-corrected chi connectivity index (χ2v) is 4.32. The van der Waals surface area contributed by atoms with E-state index in [0.717, 1.165) is 30.6 Å². The molecule has 1 aliphatic carbocycles. The van der Waals surface area contributed by atoms with Crippen molar-refractivity contribution in [1.29, 1.82) is 0 Å². The first-order chi connectivity index (χ1) is 7.69. The zero-order chi connectivity index (χ0) is 11.2. The van der Waals surface area contributed by atoms with Crippen molar-refractivity contribution in [2.24, 2.45) is 5.73 Å². The number of aromatic nitrogens is 2. The Morgan fingerprint density at radius 2 is 2.25 bits per heavy atom. The molecule has 5 nitrogen and oxygen atoms in total. The molecular weight excluding hydrogens is 206 g/mol. The molecule has 1 aliphatic rings. The van der Waals surface area contributed by atoms with Crippen molar-refractivity contribution in [3.63, 3.8) is 0 Å². The van der Waals surface area contributed by atoms with Gasteiger partial charge in [0, 0.05) is 0 Å². The maximum atomic E-state index is 6.11. The van der Waals surface area contributed by atoms with Crippen LogP contribution in [0.2, 0.25) is 0 Å². The normalized spacial score (nSPS) is 18.4. The number of hydrogen-bond donors (Lipinski definition) is 1. The van der Waals surface area contributed by atoms with Gasteiger partial charge in [0.05, 0.1) is 17.4 Å². The van der Waals surface area contributed by atoms with Crippen LogP contribution in [0.4, 0.5) is 0 Å². The van der Waals surface area contributed by atoms with Gasteiger partial charge in [-0.2, -0.15) is 4.98 Å². The third-order valence-electron chi connectivity index (χ3n) is 3.20. The largest absolute Gasteiger partial charge is 0.469 e. The minimum Gasteiger partial charge on any atom is -0.469 e. The summed E-state index contributed by atoms with van der Waals surface area (Å²) in [4.78, 5) is 4.34. The zero-order valence-corrected chi connectivity index (χ0v) is 9.06. The molecule has 16 heavy (non-hydrogen) atoms. The van der Waals surface area contributed by atoms with E-state index in [4.69, 9.17) is 14.7 Å². The average molecular weight is 219 g/mol. The molecule has 3 rings (SSSR count). The van der Waals surface area contributed by atoms with Gasteiger partial charge in [0.15, 0.2) is 0 Å². The van der Waals surface area contributed by atoms with Gasteiger partial charge in [-0.25, -0.2) is 0 Å². The Morgan fingerprint density at radius 3 is 2.81 bits per heavy atom. The highest BCUT2D eigenvalue weighted by atomic mass is 16.5. The van der Waals surface area contributed by atoms with E-state index in [1.165, 1.54) is 0 Å². The van der Waals surface area contributed by atoms with Crippen LogP contribution in [-0.4, -0.2) is 10.1 Å². The minimum absolute atomic E-state index is 0.400. The predicted octanol–water partition coefficient (Wildman–Crippen LogP) is 1.98. The molecule has 2 N–H and O–H groups in total. The van der Waals surface area contributed by atoms with Crippen molar-refractivity contribution < 1.29 is 8.94 Å². The summed E-state index contributed by atoms with van der Waals surface area (Å²) >= 11 is 0.